The van der Waals surface area contributed by atoms with Crippen LogP contribution in [0.5, 0.6) is 0 Å². The highest BCUT2D eigenvalue weighted by Gasteiger charge is 2.38. The highest BCUT2D eigenvalue weighted by Crippen LogP contribution is 2.30. The first-order chi connectivity index (χ1) is 15.0. The number of hydrogen-bond acceptors (Lipinski definition) is 7. The maximum absolute atomic E-state index is 11.9. The van der Waals surface area contributed by atoms with Crippen molar-refractivity contribution in [2.75, 3.05) is 30.8 Å². The lowest BCUT2D eigenvalue weighted by atomic mass is 9.87. The Morgan fingerprint density at radius 1 is 1.16 bits per heavy atom. The molecule has 4 aromatic rings. The van der Waals surface area contributed by atoms with E-state index in [0.717, 1.165) is 27.8 Å². The number of aromatic nitrogens is 4. The summed E-state index contributed by atoms with van der Waals surface area (Å²) in [5.41, 5.74) is 14.7. The molecule has 1 aliphatic heterocycles. The van der Waals surface area contributed by atoms with Crippen LogP contribution in [0.2, 0.25) is 0 Å². The van der Waals surface area contributed by atoms with Gasteiger partial charge in [0.2, 0.25) is 5.91 Å². The Balaban J connectivity index is 1.52. The smallest absolute Gasteiger partial charge is 0.237 e. The molecule has 158 valence electrons. The molecular weight excluding hydrogens is 392 g/mol. The molecular formula is C22H24N8O. The molecule has 0 saturated carbocycles. The quantitative estimate of drug-likeness (QED) is 0.461. The molecule has 1 aliphatic rings. The molecule has 0 atom stereocenters. The Morgan fingerprint density at radius 3 is 2.68 bits per heavy atom. The summed E-state index contributed by atoms with van der Waals surface area (Å²) < 4.78 is 1.64. The van der Waals surface area contributed by atoms with Gasteiger partial charge in [-0.3, -0.25) is 9.78 Å². The van der Waals surface area contributed by atoms with Crippen LogP contribution in [0.1, 0.15) is 12.8 Å². The number of nitrogens with two attached hydrogens (primary N) is 2. The van der Waals surface area contributed by atoms with E-state index < -0.39 is 5.54 Å². The van der Waals surface area contributed by atoms with Crippen molar-refractivity contribution >= 4 is 34.1 Å². The van der Waals surface area contributed by atoms with Gasteiger partial charge in [0.15, 0.2) is 5.65 Å². The molecule has 4 heterocycles. The molecule has 31 heavy (non-hydrogen) atoms. The maximum atomic E-state index is 11.9. The Morgan fingerprint density at radius 2 is 1.94 bits per heavy atom. The first kappa shape index (κ1) is 19.3. The van der Waals surface area contributed by atoms with Crippen LogP contribution in [0.4, 0.5) is 11.6 Å². The van der Waals surface area contributed by atoms with Crippen LogP contribution in [0.25, 0.3) is 27.7 Å². The molecule has 9 heteroatoms. The van der Waals surface area contributed by atoms with E-state index >= 15 is 0 Å². The van der Waals surface area contributed by atoms with Gasteiger partial charge in [0.1, 0.15) is 17.2 Å². The van der Waals surface area contributed by atoms with E-state index in [2.05, 4.69) is 26.4 Å². The SMILES string of the molecule is CNC1(C(N)=O)CCN(c2cc(N)n3ncc(-c4cnc5ccccc5c4)c3n2)CC1. The topological polar surface area (TPSA) is 127 Å². The second-order valence-corrected chi connectivity index (χ2v) is 7.93. The molecule has 9 nitrogen and oxygen atoms in total. The lowest BCUT2D eigenvalue weighted by molar-refractivity contribution is -0.125. The predicted octanol–water partition coefficient (Wildman–Crippen LogP) is 1.57. The van der Waals surface area contributed by atoms with Crippen LogP contribution in [0.3, 0.4) is 0 Å². The minimum Gasteiger partial charge on any atom is -0.383 e. The summed E-state index contributed by atoms with van der Waals surface area (Å²) in [4.78, 5) is 23.5. The lowest BCUT2D eigenvalue weighted by Crippen LogP contribution is -2.59. The third kappa shape index (κ3) is 3.14. The van der Waals surface area contributed by atoms with Crippen LogP contribution in [-0.2, 0) is 4.79 Å². The average molecular weight is 416 g/mol. The number of likely N-dealkylation sites (N-methyl/N-ethyl adjacent to an activating group) is 1. The molecule has 0 unspecified atom stereocenters. The van der Waals surface area contributed by atoms with E-state index in [0.29, 0.717) is 37.4 Å². The van der Waals surface area contributed by atoms with Gasteiger partial charge < -0.3 is 21.7 Å². The van der Waals surface area contributed by atoms with E-state index in [1.165, 1.54) is 0 Å². The third-order valence-electron chi connectivity index (χ3n) is 6.28. The molecule has 3 aromatic heterocycles. The van der Waals surface area contributed by atoms with Gasteiger partial charge in [-0.05, 0) is 32.0 Å². The maximum Gasteiger partial charge on any atom is 0.237 e. The van der Waals surface area contributed by atoms with Gasteiger partial charge in [0, 0.05) is 41.9 Å². The Bertz CT molecular complexity index is 1290. The van der Waals surface area contributed by atoms with Crippen LogP contribution < -0.4 is 21.7 Å². The highest BCUT2D eigenvalue weighted by molar-refractivity contribution is 5.87. The van der Waals surface area contributed by atoms with Crippen molar-refractivity contribution in [2.45, 2.75) is 18.4 Å². The number of hydrogen-bond donors (Lipinski definition) is 3. The molecule has 1 fully saturated rings. The zero-order chi connectivity index (χ0) is 21.6. The number of carbonyl (C=O) groups is 1. The van der Waals surface area contributed by atoms with Gasteiger partial charge in [-0.2, -0.15) is 9.61 Å². The number of carbonyl (C=O) groups excluding carboxylic acids is 1. The first-order valence-electron chi connectivity index (χ1n) is 10.2. The van der Waals surface area contributed by atoms with E-state index in [-0.39, 0.29) is 5.91 Å². The lowest BCUT2D eigenvalue weighted by Gasteiger charge is -2.40. The number of nitrogens with one attached hydrogen (secondary N) is 1. The first-order valence-corrected chi connectivity index (χ1v) is 10.2. The van der Waals surface area contributed by atoms with E-state index in [1.54, 1.807) is 17.8 Å². The number of pyridine rings is 1. The summed E-state index contributed by atoms with van der Waals surface area (Å²) in [6, 6.07) is 11.9. The summed E-state index contributed by atoms with van der Waals surface area (Å²) >= 11 is 0. The van der Waals surface area contributed by atoms with E-state index in [4.69, 9.17) is 16.5 Å². The number of para-hydroxylation sites is 1. The number of piperidine rings is 1. The number of amides is 1. The number of nitrogen functional groups attached to an aromatic ring is 1. The van der Waals surface area contributed by atoms with Crippen molar-refractivity contribution in [1.29, 1.82) is 0 Å². The zero-order valence-electron chi connectivity index (χ0n) is 17.2. The van der Waals surface area contributed by atoms with E-state index in [9.17, 15) is 4.79 Å². The molecule has 0 spiro atoms. The second kappa shape index (κ2) is 7.21. The largest absolute Gasteiger partial charge is 0.383 e. The van der Waals surface area contributed by atoms with Gasteiger partial charge in [0.25, 0.3) is 0 Å². The van der Waals surface area contributed by atoms with Gasteiger partial charge in [-0.15, -0.1) is 0 Å². The molecule has 5 rings (SSSR count). The molecule has 0 bridgehead atoms. The molecule has 1 saturated heterocycles. The fourth-order valence-electron chi connectivity index (χ4n) is 4.29. The summed E-state index contributed by atoms with van der Waals surface area (Å²) in [7, 11) is 1.78. The third-order valence-corrected chi connectivity index (χ3v) is 6.28. The fraction of sp³-hybridized carbons (Fsp3) is 0.273. The average Bonchev–Trinajstić information content (AvgIpc) is 3.23. The monoisotopic (exact) mass is 416 g/mol. The number of anilines is 2. The van der Waals surface area contributed by atoms with Crippen molar-refractivity contribution in [2.24, 2.45) is 5.73 Å². The van der Waals surface area contributed by atoms with Crippen molar-refractivity contribution in [3.05, 3.63) is 48.8 Å². The van der Waals surface area contributed by atoms with Gasteiger partial charge >= 0.3 is 0 Å². The summed E-state index contributed by atoms with van der Waals surface area (Å²) in [6.07, 6.45) is 4.81. The van der Waals surface area contributed by atoms with E-state index in [1.807, 2.05) is 36.5 Å². The Labute approximate surface area is 179 Å². The standard InChI is InChI=1S/C22H24N8O/c1-25-22(21(24)31)6-8-29(9-7-22)19-11-18(23)30-20(28-19)16(13-27-30)15-10-14-4-2-3-5-17(14)26-12-15/h2-5,10-13,25H,6-9,23H2,1H3,(H2,24,31). The molecule has 0 aliphatic carbocycles. The number of nitrogens with zero attached hydrogens (tertiary/aromatic N) is 5. The van der Waals surface area contributed by atoms with Gasteiger partial charge in [-0.25, -0.2) is 4.98 Å². The highest BCUT2D eigenvalue weighted by atomic mass is 16.1. The molecule has 0 radical (unpaired) electrons. The number of fused-ring (bicyclic) bond motifs is 2. The minimum absolute atomic E-state index is 0.320. The van der Waals surface area contributed by atoms with Crippen molar-refractivity contribution in [3.8, 4) is 11.1 Å². The van der Waals surface area contributed by atoms with Crippen LogP contribution in [0, 0.1) is 0 Å². The Kier molecular flexibility index (Phi) is 4.48. The number of primary amides is 1. The fourth-order valence-corrected chi connectivity index (χ4v) is 4.29. The molecule has 1 aromatic carbocycles. The Hall–Kier alpha value is -3.72. The number of rotatable bonds is 4. The number of benzene rings is 1. The van der Waals surface area contributed by atoms with Crippen molar-refractivity contribution in [3.63, 3.8) is 0 Å². The molecule has 5 N–H and O–H groups in total. The summed E-state index contributed by atoms with van der Waals surface area (Å²) in [6.45, 7) is 1.29. The van der Waals surface area contributed by atoms with Gasteiger partial charge in [0.05, 0.1) is 11.7 Å². The second-order valence-electron chi connectivity index (χ2n) is 7.93. The van der Waals surface area contributed by atoms with Crippen molar-refractivity contribution in [1.82, 2.24) is 24.9 Å². The summed E-state index contributed by atoms with van der Waals surface area (Å²) in [5, 5.41) is 8.59. The zero-order valence-corrected chi connectivity index (χ0v) is 17.2. The van der Waals surface area contributed by atoms with Gasteiger partial charge in [-0.1, -0.05) is 18.2 Å². The normalized spacial score (nSPS) is 16.1. The predicted molar refractivity (Wildman–Crippen MR) is 121 cm³/mol. The minimum atomic E-state index is -0.676. The molecule has 1 amide bonds. The van der Waals surface area contributed by atoms with Crippen LogP contribution in [-0.4, -0.2) is 51.2 Å². The summed E-state index contributed by atoms with van der Waals surface area (Å²) in [5.74, 6) is 0.939. The van der Waals surface area contributed by atoms with Crippen LogP contribution in [0.15, 0.2) is 48.8 Å². The van der Waals surface area contributed by atoms with Crippen LogP contribution >= 0.6 is 0 Å². The van der Waals surface area contributed by atoms with Crippen molar-refractivity contribution < 1.29 is 4.79 Å².